The number of fused-ring (bicyclic) bond motifs is 1. The maximum Gasteiger partial charge on any atom is 0.230 e. The summed E-state index contributed by atoms with van der Waals surface area (Å²) in [5.41, 5.74) is 0.529. The van der Waals surface area contributed by atoms with Crippen molar-refractivity contribution in [3.05, 3.63) is 22.3 Å². The lowest BCUT2D eigenvalue weighted by atomic mass is 10.3. The molecule has 0 aliphatic rings. The minimum Gasteiger partial charge on any atom is -0.353 e. The van der Waals surface area contributed by atoms with Crippen molar-refractivity contribution in [1.82, 2.24) is 19.9 Å². The maximum absolute atomic E-state index is 11.7. The number of aromatic nitrogens is 3. The molecule has 0 saturated heterocycles. The largest absolute Gasteiger partial charge is 0.353 e. The van der Waals surface area contributed by atoms with E-state index in [1.165, 1.54) is 11.8 Å². The summed E-state index contributed by atoms with van der Waals surface area (Å²) in [5, 5.41) is 12.4. The number of rotatable bonds is 5. The smallest absolute Gasteiger partial charge is 0.230 e. The van der Waals surface area contributed by atoms with Crippen molar-refractivity contribution in [2.24, 2.45) is 0 Å². The zero-order chi connectivity index (χ0) is 14.7. The Kier molecular flexibility index (Phi) is 5.12. The molecule has 20 heavy (non-hydrogen) atoms. The first kappa shape index (κ1) is 15.4. The van der Waals surface area contributed by atoms with Crippen LogP contribution in [0.15, 0.2) is 17.4 Å². The second kappa shape index (κ2) is 6.65. The van der Waals surface area contributed by atoms with Crippen molar-refractivity contribution >= 4 is 46.5 Å². The summed E-state index contributed by atoms with van der Waals surface area (Å²) < 4.78 is 1.69. The van der Waals surface area contributed by atoms with Crippen LogP contribution in [0.4, 0.5) is 0 Å². The molecule has 2 heterocycles. The third-order valence-electron chi connectivity index (χ3n) is 2.75. The zero-order valence-electron chi connectivity index (χ0n) is 11.1. The Balaban J connectivity index is 2.09. The Morgan fingerprint density at radius 3 is 2.95 bits per heavy atom. The van der Waals surface area contributed by atoms with Crippen molar-refractivity contribution in [1.29, 1.82) is 0 Å². The van der Waals surface area contributed by atoms with Crippen molar-refractivity contribution in [3.8, 4) is 0 Å². The molecule has 1 atom stereocenters. The lowest BCUT2D eigenvalue weighted by molar-refractivity contribution is -0.119. The molecule has 1 N–H and O–H groups in total. The Bertz CT molecular complexity index is 631. The van der Waals surface area contributed by atoms with Gasteiger partial charge in [0.2, 0.25) is 5.91 Å². The molecule has 108 valence electrons. The summed E-state index contributed by atoms with van der Waals surface area (Å²) >= 11 is 13.3. The lowest BCUT2D eigenvalue weighted by Crippen LogP contribution is -2.33. The van der Waals surface area contributed by atoms with E-state index < -0.39 is 0 Å². The third kappa shape index (κ3) is 3.56. The molecule has 2 rings (SSSR count). The van der Waals surface area contributed by atoms with Crippen molar-refractivity contribution in [3.63, 3.8) is 0 Å². The van der Waals surface area contributed by atoms with Gasteiger partial charge in [0.25, 0.3) is 0 Å². The average Bonchev–Trinajstić information content (AvgIpc) is 2.79. The van der Waals surface area contributed by atoms with E-state index in [0.29, 0.717) is 20.8 Å². The summed E-state index contributed by atoms with van der Waals surface area (Å²) in [5.74, 6) is 0.240. The topological polar surface area (TPSA) is 59.3 Å². The molecule has 8 heteroatoms. The van der Waals surface area contributed by atoms with Gasteiger partial charge in [-0.3, -0.25) is 9.20 Å². The summed E-state index contributed by atoms with van der Waals surface area (Å²) in [7, 11) is 0. The predicted molar refractivity (Wildman–Crippen MR) is 81.6 cm³/mol. The number of halogens is 2. The summed E-state index contributed by atoms with van der Waals surface area (Å²) in [6.07, 6.45) is 2.58. The lowest BCUT2D eigenvalue weighted by Gasteiger charge is -2.10. The van der Waals surface area contributed by atoms with E-state index in [1.807, 2.05) is 13.8 Å². The molecule has 0 aliphatic heterocycles. The summed E-state index contributed by atoms with van der Waals surface area (Å²) in [6, 6.07) is 1.78. The quantitative estimate of drug-likeness (QED) is 0.855. The Morgan fingerprint density at radius 1 is 1.50 bits per heavy atom. The van der Waals surface area contributed by atoms with Crippen LogP contribution in [-0.2, 0) is 4.79 Å². The number of nitrogens with one attached hydrogen (secondary N) is 1. The van der Waals surface area contributed by atoms with Gasteiger partial charge in [-0.1, -0.05) is 41.9 Å². The normalized spacial score (nSPS) is 12.6. The van der Waals surface area contributed by atoms with Crippen LogP contribution in [0.2, 0.25) is 10.0 Å². The predicted octanol–water partition coefficient (Wildman–Crippen LogP) is 3.04. The Labute approximate surface area is 131 Å². The summed E-state index contributed by atoms with van der Waals surface area (Å²) in [4.78, 5) is 11.7. The number of carbonyl (C=O) groups excluding carboxylic acids is 1. The molecule has 0 radical (unpaired) electrons. The van der Waals surface area contributed by atoms with Crippen molar-refractivity contribution < 1.29 is 4.79 Å². The SMILES string of the molecule is CCC(C)NC(=O)CSc1nnc2c(Cl)cc(Cl)cn12. The molecule has 1 amide bonds. The fourth-order valence-electron chi connectivity index (χ4n) is 1.55. The monoisotopic (exact) mass is 332 g/mol. The fourth-order valence-corrected chi connectivity index (χ4v) is 2.78. The first-order chi connectivity index (χ1) is 9.51. The van der Waals surface area contributed by atoms with Gasteiger partial charge in [0, 0.05) is 12.2 Å². The molecular formula is C12H14Cl2N4OS. The molecular weight excluding hydrogens is 319 g/mol. The van der Waals surface area contributed by atoms with Crippen LogP contribution in [0.3, 0.4) is 0 Å². The van der Waals surface area contributed by atoms with Gasteiger partial charge in [-0.05, 0) is 19.4 Å². The standard InChI is InChI=1S/C12H14Cl2N4OS/c1-3-7(2)15-10(19)6-20-12-17-16-11-9(14)4-8(13)5-18(11)12/h4-5,7H,3,6H2,1-2H3,(H,15,19). The van der Waals surface area contributed by atoms with Crippen molar-refractivity contribution in [2.45, 2.75) is 31.5 Å². The van der Waals surface area contributed by atoms with Gasteiger partial charge >= 0.3 is 0 Å². The zero-order valence-corrected chi connectivity index (χ0v) is 13.4. The van der Waals surface area contributed by atoms with Gasteiger partial charge in [-0.15, -0.1) is 10.2 Å². The molecule has 5 nitrogen and oxygen atoms in total. The number of hydrogen-bond donors (Lipinski definition) is 1. The molecule has 2 aromatic heterocycles. The minimum absolute atomic E-state index is 0.0331. The number of thioether (sulfide) groups is 1. The van der Waals surface area contributed by atoms with Crippen LogP contribution in [0, 0.1) is 0 Å². The van der Waals surface area contributed by atoms with E-state index in [4.69, 9.17) is 23.2 Å². The van der Waals surface area contributed by atoms with Crippen LogP contribution in [0.1, 0.15) is 20.3 Å². The Hall–Kier alpha value is -0.980. The van der Waals surface area contributed by atoms with Crippen LogP contribution in [0.25, 0.3) is 5.65 Å². The number of amides is 1. The average molecular weight is 333 g/mol. The first-order valence-corrected chi connectivity index (χ1v) is 7.87. The van der Waals surface area contributed by atoms with E-state index in [9.17, 15) is 4.79 Å². The molecule has 0 aliphatic carbocycles. The highest BCUT2D eigenvalue weighted by atomic mass is 35.5. The van der Waals surface area contributed by atoms with Crippen LogP contribution in [0.5, 0.6) is 0 Å². The number of hydrogen-bond acceptors (Lipinski definition) is 4. The number of carbonyl (C=O) groups is 1. The highest BCUT2D eigenvalue weighted by Gasteiger charge is 2.13. The van der Waals surface area contributed by atoms with E-state index in [-0.39, 0.29) is 17.7 Å². The molecule has 2 aromatic rings. The minimum atomic E-state index is -0.0331. The van der Waals surface area contributed by atoms with Gasteiger partial charge < -0.3 is 5.32 Å². The highest BCUT2D eigenvalue weighted by Crippen LogP contribution is 2.25. The van der Waals surface area contributed by atoms with E-state index in [2.05, 4.69) is 15.5 Å². The summed E-state index contributed by atoms with van der Waals surface area (Å²) in [6.45, 7) is 3.99. The van der Waals surface area contributed by atoms with E-state index in [1.54, 1.807) is 16.7 Å². The molecule has 0 saturated carbocycles. The molecule has 0 spiro atoms. The first-order valence-electron chi connectivity index (χ1n) is 6.13. The second-order valence-corrected chi connectivity index (χ2v) is 6.13. The maximum atomic E-state index is 11.7. The second-order valence-electron chi connectivity index (χ2n) is 4.35. The molecule has 1 unspecified atom stereocenters. The number of nitrogens with zero attached hydrogens (tertiary/aromatic N) is 3. The van der Waals surface area contributed by atoms with E-state index in [0.717, 1.165) is 6.42 Å². The molecule has 0 aromatic carbocycles. The van der Waals surface area contributed by atoms with Gasteiger partial charge in [-0.2, -0.15) is 0 Å². The highest BCUT2D eigenvalue weighted by molar-refractivity contribution is 7.99. The van der Waals surface area contributed by atoms with Crippen LogP contribution < -0.4 is 5.32 Å². The van der Waals surface area contributed by atoms with E-state index >= 15 is 0 Å². The molecule has 0 bridgehead atoms. The van der Waals surface area contributed by atoms with Crippen LogP contribution in [-0.4, -0.2) is 32.3 Å². The fraction of sp³-hybridized carbons (Fsp3) is 0.417. The number of pyridine rings is 1. The van der Waals surface area contributed by atoms with Gasteiger partial charge in [-0.25, -0.2) is 0 Å². The van der Waals surface area contributed by atoms with Gasteiger partial charge in [0.05, 0.1) is 15.8 Å². The van der Waals surface area contributed by atoms with Crippen molar-refractivity contribution in [2.75, 3.05) is 5.75 Å². The Morgan fingerprint density at radius 2 is 2.25 bits per heavy atom. The van der Waals surface area contributed by atoms with Gasteiger partial charge in [0.1, 0.15) is 0 Å². The third-order valence-corrected chi connectivity index (χ3v) is 4.18. The van der Waals surface area contributed by atoms with Crippen LogP contribution >= 0.6 is 35.0 Å². The van der Waals surface area contributed by atoms with Gasteiger partial charge in [0.15, 0.2) is 10.8 Å². The molecule has 0 fully saturated rings.